The average molecular weight is 516 g/mol. The summed E-state index contributed by atoms with van der Waals surface area (Å²) < 4.78 is 33.4. The molecule has 1 aliphatic heterocycles. The second-order valence-electron chi connectivity index (χ2n) is 7.91. The van der Waals surface area contributed by atoms with Gasteiger partial charge in [-0.3, -0.25) is 19.2 Å². The van der Waals surface area contributed by atoms with Gasteiger partial charge in [-0.05, 0) is 53.9 Å². The third kappa shape index (κ3) is 5.08. The third-order valence-electron chi connectivity index (χ3n) is 5.82. The molecule has 1 amide bonds. The van der Waals surface area contributed by atoms with Gasteiger partial charge < -0.3 is 9.64 Å². The Balaban J connectivity index is 1.70. The number of nitro benzene ring substituents is 1. The SMILES string of the molecule is COc1ccc(N(CC(=O)N2CCc3ccccc3C2)S(=O)(=O)c2ccc(Cl)c([N+](=O)[O-])c2)cc1. The monoisotopic (exact) mass is 515 g/mol. The Kier molecular flexibility index (Phi) is 6.95. The summed E-state index contributed by atoms with van der Waals surface area (Å²) in [5.74, 6) is 0.120. The van der Waals surface area contributed by atoms with Crippen molar-refractivity contribution >= 4 is 38.9 Å². The van der Waals surface area contributed by atoms with Crippen molar-refractivity contribution in [2.75, 3.05) is 24.5 Å². The van der Waals surface area contributed by atoms with E-state index in [1.54, 1.807) is 17.0 Å². The third-order valence-corrected chi connectivity index (χ3v) is 7.91. The topological polar surface area (TPSA) is 110 Å². The standard InChI is InChI=1S/C24H22ClN3O6S/c1-34-20-8-6-19(7-9-20)27(35(32,33)21-10-11-22(25)23(14-21)28(30)31)16-24(29)26-13-12-17-4-2-3-5-18(17)15-26/h2-11,14H,12-13,15-16H2,1H3. The Morgan fingerprint density at radius 2 is 1.80 bits per heavy atom. The van der Waals surface area contributed by atoms with Crippen LogP contribution in [0.25, 0.3) is 0 Å². The number of nitro groups is 1. The van der Waals surface area contributed by atoms with Gasteiger partial charge in [0.05, 0.1) is 22.6 Å². The highest BCUT2D eigenvalue weighted by molar-refractivity contribution is 7.92. The molecule has 0 spiro atoms. The highest BCUT2D eigenvalue weighted by atomic mass is 35.5. The van der Waals surface area contributed by atoms with Gasteiger partial charge in [-0.25, -0.2) is 8.42 Å². The van der Waals surface area contributed by atoms with E-state index in [0.717, 1.165) is 27.6 Å². The fraction of sp³-hybridized carbons (Fsp3) is 0.208. The maximum Gasteiger partial charge on any atom is 0.289 e. The van der Waals surface area contributed by atoms with Gasteiger partial charge >= 0.3 is 0 Å². The molecule has 3 aromatic carbocycles. The largest absolute Gasteiger partial charge is 0.497 e. The summed E-state index contributed by atoms with van der Waals surface area (Å²) in [6.45, 7) is 0.351. The number of halogens is 1. The zero-order valence-electron chi connectivity index (χ0n) is 18.8. The van der Waals surface area contributed by atoms with Gasteiger partial charge in [-0.2, -0.15) is 0 Å². The predicted octanol–water partition coefficient (Wildman–Crippen LogP) is 4.04. The molecule has 0 bridgehead atoms. The van der Waals surface area contributed by atoms with Crippen LogP contribution in [0, 0.1) is 10.1 Å². The molecule has 0 aliphatic carbocycles. The van der Waals surface area contributed by atoms with Crippen LogP contribution in [0.3, 0.4) is 0 Å². The predicted molar refractivity (Wildman–Crippen MR) is 131 cm³/mol. The fourth-order valence-corrected chi connectivity index (χ4v) is 5.54. The van der Waals surface area contributed by atoms with Crippen LogP contribution in [0.1, 0.15) is 11.1 Å². The van der Waals surface area contributed by atoms with Crippen LogP contribution in [-0.2, 0) is 27.8 Å². The van der Waals surface area contributed by atoms with Crippen LogP contribution in [0.4, 0.5) is 11.4 Å². The molecule has 4 rings (SSSR count). The van der Waals surface area contributed by atoms with Crippen molar-refractivity contribution in [3.8, 4) is 5.75 Å². The van der Waals surface area contributed by atoms with E-state index in [-0.39, 0.29) is 21.5 Å². The first kappa shape index (κ1) is 24.5. The number of carbonyl (C=O) groups excluding carboxylic acids is 1. The zero-order chi connectivity index (χ0) is 25.2. The molecule has 3 aromatic rings. The molecular formula is C24H22ClN3O6S. The van der Waals surface area contributed by atoms with Crippen molar-refractivity contribution in [2.45, 2.75) is 17.9 Å². The van der Waals surface area contributed by atoms with E-state index < -0.39 is 27.2 Å². The van der Waals surface area contributed by atoms with Gasteiger partial charge in [-0.1, -0.05) is 35.9 Å². The molecule has 35 heavy (non-hydrogen) atoms. The van der Waals surface area contributed by atoms with Crippen molar-refractivity contribution in [1.29, 1.82) is 0 Å². The molecule has 1 aliphatic rings. The molecule has 0 saturated carbocycles. The summed E-state index contributed by atoms with van der Waals surface area (Å²) in [6.07, 6.45) is 0.667. The number of amides is 1. The van der Waals surface area contributed by atoms with Gasteiger partial charge in [0.2, 0.25) is 5.91 Å². The molecule has 0 radical (unpaired) electrons. The molecule has 0 unspecified atom stereocenters. The minimum atomic E-state index is -4.36. The summed E-state index contributed by atoms with van der Waals surface area (Å²) >= 11 is 5.87. The molecule has 0 aromatic heterocycles. The number of ether oxygens (including phenoxy) is 1. The normalized spacial score (nSPS) is 13.1. The molecule has 0 fully saturated rings. The Morgan fingerprint density at radius 1 is 1.11 bits per heavy atom. The van der Waals surface area contributed by atoms with Crippen LogP contribution in [-0.4, -0.2) is 44.3 Å². The number of benzene rings is 3. The lowest BCUT2D eigenvalue weighted by atomic mass is 10.00. The van der Waals surface area contributed by atoms with Gasteiger partial charge in [0.15, 0.2) is 0 Å². The number of fused-ring (bicyclic) bond motifs is 1. The van der Waals surface area contributed by atoms with Crippen molar-refractivity contribution < 1.29 is 22.9 Å². The smallest absolute Gasteiger partial charge is 0.289 e. The summed E-state index contributed by atoms with van der Waals surface area (Å²) in [6, 6.07) is 17.2. The minimum Gasteiger partial charge on any atom is -0.497 e. The van der Waals surface area contributed by atoms with Crippen LogP contribution < -0.4 is 9.04 Å². The Labute approximate surface area is 207 Å². The summed E-state index contributed by atoms with van der Waals surface area (Å²) in [4.78, 5) is 25.1. The first-order chi connectivity index (χ1) is 16.7. The Bertz CT molecular complexity index is 1380. The summed E-state index contributed by atoms with van der Waals surface area (Å²) in [5, 5.41) is 11.1. The highest BCUT2D eigenvalue weighted by Crippen LogP contribution is 2.31. The number of sulfonamides is 1. The van der Waals surface area contributed by atoms with Crippen molar-refractivity contribution in [1.82, 2.24) is 4.90 Å². The van der Waals surface area contributed by atoms with E-state index in [1.165, 1.54) is 25.3 Å². The quantitative estimate of drug-likeness (QED) is 0.347. The number of rotatable bonds is 7. The van der Waals surface area contributed by atoms with Gasteiger partial charge in [0, 0.05) is 19.2 Å². The van der Waals surface area contributed by atoms with Crippen molar-refractivity contribution in [2.24, 2.45) is 0 Å². The van der Waals surface area contributed by atoms with E-state index >= 15 is 0 Å². The minimum absolute atomic E-state index is 0.187. The average Bonchev–Trinajstić information content (AvgIpc) is 2.86. The van der Waals surface area contributed by atoms with E-state index in [1.807, 2.05) is 24.3 Å². The molecule has 182 valence electrons. The first-order valence-electron chi connectivity index (χ1n) is 10.7. The maximum absolute atomic E-state index is 13.6. The number of hydrogen-bond donors (Lipinski definition) is 0. The number of anilines is 1. The zero-order valence-corrected chi connectivity index (χ0v) is 20.3. The van der Waals surface area contributed by atoms with Gasteiger partial charge in [0.25, 0.3) is 15.7 Å². The van der Waals surface area contributed by atoms with Gasteiger partial charge in [-0.15, -0.1) is 0 Å². The Morgan fingerprint density at radius 3 is 2.46 bits per heavy atom. The molecule has 11 heteroatoms. The van der Waals surface area contributed by atoms with E-state index in [4.69, 9.17) is 16.3 Å². The molecule has 9 nitrogen and oxygen atoms in total. The Hall–Kier alpha value is -3.63. The fourth-order valence-electron chi connectivity index (χ4n) is 3.92. The molecule has 0 saturated heterocycles. The lowest BCUT2D eigenvalue weighted by molar-refractivity contribution is -0.384. The molecule has 1 heterocycles. The maximum atomic E-state index is 13.6. The van der Waals surface area contributed by atoms with Crippen LogP contribution >= 0.6 is 11.6 Å². The van der Waals surface area contributed by atoms with E-state index in [2.05, 4.69) is 0 Å². The van der Waals surface area contributed by atoms with Crippen LogP contribution in [0.2, 0.25) is 5.02 Å². The number of hydrogen-bond acceptors (Lipinski definition) is 6. The van der Waals surface area contributed by atoms with Crippen LogP contribution in [0.15, 0.2) is 71.6 Å². The number of carbonyl (C=O) groups is 1. The molecular weight excluding hydrogens is 494 g/mol. The van der Waals surface area contributed by atoms with Gasteiger partial charge in [0.1, 0.15) is 17.3 Å². The lowest BCUT2D eigenvalue weighted by Gasteiger charge is -2.31. The first-order valence-corrected chi connectivity index (χ1v) is 12.5. The lowest BCUT2D eigenvalue weighted by Crippen LogP contribution is -2.44. The second-order valence-corrected chi connectivity index (χ2v) is 10.2. The number of methoxy groups -OCH3 is 1. The number of nitrogens with zero attached hydrogens (tertiary/aromatic N) is 3. The molecule has 0 N–H and O–H groups in total. The van der Waals surface area contributed by atoms with E-state index in [0.29, 0.717) is 25.3 Å². The molecule has 0 atom stereocenters. The summed E-state index contributed by atoms with van der Waals surface area (Å²) in [7, 11) is -2.88. The highest BCUT2D eigenvalue weighted by Gasteiger charge is 2.31. The van der Waals surface area contributed by atoms with Crippen molar-refractivity contribution in [3.05, 3.63) is 93.0 Å². The summed E-state index contributed by atoms with van der Waals surface area (Å²) in [5.41, 5.74) is 1.85. The van der Waals surface area contributed by atoms with Crippen LogP contribution in [0.5, 0.6) is 5.75 Å². The van der Waals surface area contributed by atoms with E-state index in [9.17, 15) is 23.3 Å². The second kappa shape index (κ2) is 9.93. The van der Waals surface area contributed by atoms with Crippen molar-refractivity contribution in [3.63, 3.8) is 0 Å².